The molecular formula is C20H26O2. The second-order valence-corrected chi connectivity index (χ2v) is 5.54. The summed E-state index contributed by atoms with van der Waals surface area (Å²) in [6, 6.07) is 10.8. The maximum absolute atomic E-state index is 5.87. The fourth-order valence-corrected chi connectivity index (χ4v) is 2.89. The highest BCUT2D eigenvalue weighted by Crippen LogP contribution is 2.32. The van der Waals surface area contributed by atoms with Gasteiger partial charge in [0.15, 0.2) is 5.79 Å². The molecule has 0 N–H and O–H groups in total. The van der Waals surface area contributed by atoms with Crippen LogP contribution in [0.4, 0.5) is 0 Å². The van der Waals surface area contributed by atoms with Gasteiger partial charge in [0.25, 0.3) is 0 Å². The first-order chi connectivity index (χ1) is 10.6. The number of allylic oxidation sites excluding steroid dienone is 1. The predicted molar refractivity (Wildman–Crippen MR) is 94.0 cm³/mol. The van der Waals surface area contributed by atoms with Crippen molar-refractivity contribution >= 4 is 16.8 Å². The van der Waals surface area contributed by atoms with Crippen LogP contribution in [0.15, 0.2) is 36.4 Å². The highest BCUT2D eigenvalue weighted by Gasteiger charge is 2.27. The summed E-state index contributed by atoms with van der Waals surface area (Å²) in [6.45, 7) is 11.4. The average Bonchev–Trinajstić information content (AvgIpc) is 2.50. The van der Waals surface area contributed by atoms with E-state index in [9.17, 15) is 0 Å². The molecule has 0 radical (unpaired) electrons. The van der Waals surface area contributed by atoms with Gasteiger partial charge in [-0.05, 0) is 62.6 Å². The van der Waals surface area contributed by atoms with Gasteiger partial charge in [-0.1, -0.05) is 36.4 Å². The van der Waals surface area contributed by atoms with Gasteiger partial charge in [0.05, 0.1) is 0 Å². The van der Waals surface area contributed by atoms with Crippen LogP contribution >= 0.6 is 0 Å². The molecule has 2 aromatic carbocycles. The van der Waals surface area contributed by atoms with E-state index in [4.69, 9.17) is 9.47 Å². The van der Waals surface area contributed by atoms with Crippen LogP contribution in [0.1, 0.15) is 44.4 Å². The average molecular weight is 298 g/mol. The zero-order chi connectivity index (χ0) is 16.2. The number of aryl methyl sites for hydroxylation is 1. The monoisotopic (exact) mass is 298 g/mol. The molecule has 0 bridgehead atoms. The Bertz CT molecular complexity index is 665. The summed E-state index contributed by atoms with van der Waals surface area (Å²) < 4.78 is 11.7. The molecule has 2 nitrogen and oxygen atoms in total. The van der Waals surface area contributed by atoms with Crippen LogP contribution in [0.5, 0.6) is 0 Å². The van der Waals surface area contributed by atoms with E-state index in [1.54, 1.807) is 0 Å². The lowest BCUT2D eigenvalue weighted by molar-refractivity contribution is -0.229. The van der Waals surface area contributed by atoms with Gasteiger partial charge in [0.2, 0.25) is 0 Å². The van der Waals surface area contributed by atoms with Crippen LogP contribution in [0, 0.1) is 6.92 Å². The van der Waals surface area contributed by atoms with E-state index in [0.717, 1.165) is 5.56 Å². The molecule has 0 aromatic heterocycles. The Hall–Kier alpha value is -1.64. The molecular weight excluding hydrogens is 272 g/mol. The Balaban J connectivity index is 2.57. The molecule has 0 spiro atoms. The van der Waals surface area contributed by atoms with Crippen molar-refractivity contribution in [3.8, 4) is 0 Å². The Morgan fingerprint density at radius 1 is 1.05 bits per heavy atom. The van der Waals surface area contributed by atoms with Crippen molar-refractivity contribution < 1.29 is 9.47 Å². The molecule has 118 valence electrons. The lowest BCUT2D eigenvalue weighted by Crippen LogP contribution is -2.29. The van der Waals surface area contributed by atoms with Crippen molar-refractivity contribution in [2.45, 2.75) is 40.4 Å². The molecule has 0 unspecified atom stereocenters. The van der Waals surface area contributed by atoms with Crippen molar-refractivity contribution in [2.75, 3.05) is 13.2 Å². The Kier molecular flexibility index (Phi) is 5.38. The molecule has 0 saturated carbocycles. The van der Waals surface area contributed by atoms with Crippen molar-refractivity contribution in [1.29, 1.82) is 0 Å². The maximum atomic E-state index is 5.87. The lowest BCUT2D eigenvalue weighted by Gasteiger charge is -2.30. The molecule has 0 aliphatic heterocycles. The van der Waals surface area contributed by atoms with Crippen LogP contribution in [-0.4, -0.2) is 13.2 Å². The summed E-state index contributed by atoms with van der Waals surface area (Å²) in [4.78, 5) is 0. The van der Waals surface area contributed by atoms with Crippen LogP contribution in [0.2, 0.25) is 0 Å². The fourth-order valence-electron chi connectivity index (χ4n) is 2.89. The van der Waals surface area contributed by atoms with Gasteiger partial charge in [-0.2, -0.15) is 0 Å². The van der Waals surface area contributed by atoms with Gasteiger partial charge in [-0.25, -0.2) is 0 Å². The normalized spacial score (nSPS) is 12.4. The third kappa shape index (κ3) is 3.23. The summed E-state index contributed by atoms with van der Waals surface area (Å²) in [5.41, 5.74) is 3.62. The first-order valence-electron chi connectivity index (χ1n) is 8.00. The molecule has 0 atom stereocenters. The standard InChI is InChI=1S/C20H26O2/c1-6-9-18-15(4)10-11-16-14-17(12-13-19(16)18)20(5,21-7-2)22-8-3/h6,9-14H,7-8H2,1-5H3/b9-6-. The first kappa shape index (κ1) is 16.7. The molecule has 0 heterocycles. The lowest BCUT2D eigenvalue weighted by atomic mass is 9.95. The van der Waals surface area contributed by atoms with Crippen LogP contribution < -0.4 is 0 Å². The van der Waals surface area contributed by atoms with Gasteiger partial charge in [-0.3, -0.25) is 0 Å². The number of hydrogen-bond acceptors (Lipinski definition) is 2. The van der Waals surface area contributed by atoms with E-state index in [0.29, 0.717) is 13.2 Å². The third-order valence-corrected chi connectivity index (χ3v) is 3.98. The molecule has 2 heteroatoms. The van der Waals surface area contributed by atoms with Gasteiger partial charge in [-0.15, -0.1) is 0 Å². The SMILES string of the molecule is C/C=C\c1c(C)ccc2cc(C(C)(OCC)OCC)ccc12. The van der Waals surface area contributed by atoms with Crippen LogP contribution in [0.3, 0.4) is 0 Å². The number of hydrogen-bond donors (Lipinski definition) is 0. The Labute approximate surface area is 133 Å². The van der Waals surface area contributed by atoms with Crippen LogP contribution in [-0.2, 0) is 15.3 Å². The minimum atomic E-state index is -0.691. The zero-order valence-electron chi connectivity index (χ0n) is 14.3. The van der Waals surface area contributed by atoms with Crippen molar-refractivity contribution in [1.82, 2.24) is 0 Å². The van der Waals surface area contributed by atoms with Gasteiger partial charge in [0.1, 0.15) is 0 Å². The Morgan fingerprint density at radius 3 is 2.32 bits per heavy atom. The summed E-state index contributed by atoms with van der Waals surface area (Å²) in [6.07, 6.45) is 4.25. The molecule has 2 rings (SSSR count). The first-order valence-corrected chi connectivity index (χ1v) is 8.00. The summed E-state index contributed by atoms with van der Waals surface area (Å²) in [7, 11) is 0. The molecule has 0 aliphatic carbocycles. The van der Waals surface area contributed by atoms with E-state index < -0.39 is 5.79 Å². The molecule has 0 fully saturated rings. The third-order valence-electron chi connectivity index (χ3n) is 3.98. The second-order valence-electron chi connectivity index (χ2n) is 5.54. The molecule has 0 aliphatic rings. The molecule has 22 heavy (non-hydrogen) atoms. The van der Waals surface area contributed by atoms with Gasteiger partial charge < -0.3 is 9.47 Å². The van der Waals surface area contributed by atoms with Gasteiger partial charge >= 0.3 is 0 Å². The van der Waals surface area contributed by atoms with Crippen molar-refractivity contribution in [3.63, 3.8) is 0 Å². The number of fused-ring (bicyclic) bond motifs is 1. The van der Waals surface area contributed by atoms with E-state index in [1.807, 2.05) is 27.7 Å². The number of benzene rings is 2. The van der Waals surface area contributed by atoms with Gasteiger partial charge in [0, 0.05) is 18.8 Å². The predicted octanol–water partition coefficient (Wildman–Crippen LogP) is 5.43. The minimum Gasteiger partial charge on any atom is -0.346 e. The smallest absolute Gasteiger partial charge is 0.191 e. The van der Waals surface area contributed by atoms with Crippen LogP contribution in [0.25, 0.3) is 16.8 Å². The minimum absolute atomic E-state index is 0.617. The number of ether oxygens (including phenoxy) is 2. The summed E-state index contributed by atoms with van der Waals surface area (Å²) in [5, 5.41) is 2.47. The van der Waals surface area contributed by atoms with Crippen molar-refractivity contribution in [2.24, 2.45) is 0 Å². The summed E-state index contributed by atoms with van der Waals surface area (Å²) >= 11 is 0. The van der Waals surface area contributed by atoms with Crippen molar-refractivity contribution in [3.05, 3.63) is 53.1 Å². The second kappa shape index (κ2) is 7.08. The zero-order valence-corrected chi connectivity index (χ0v) is 14.3. The Morgan fingerprint density at radius 2 is 1.73 bits per heavy atom. The molecule has 2 aromatic rings. The number of rotatable bonds is 6. The topological polar surface area (TPSA) is 18.5 Å². The van der Waals surface area contributed by atoms with E-state index in [2.05, 4.69) is 49.4 Å². The largest absolute Gasteiger partial charge is 0.346 e. The molecule has 0 saturated heterocycles. The van der Waals surface area contributed by atoms with E-state index >= 15 is 0 Å². The highest BCUT2D eigenvalue weighted by molar-refractivity contribution is 5.92. The fraction of sp³-hybridized carbons (Fsp3) is 0.400. The van der Waals surface area contributed by atoms with E-state index in [1.165, 1.54) is 21.9 Å². The summed E-state index contributed by atoms with van der Waals surface area (Å²) in [5.74, 6) is -0.691. The molecule has 0 amide bonds. The van der Waals surface area contributed by atoms with E-state index in [-0.39, 0.29) is 0 Å². The quantitative estimate of drug-likeness (QED) is 0.662. The highest BCUT2D eigenvalue weighted by atomic mass is 16.7. The maximum Gasteiger partial charge on any atom is 0.191 e.